The molecular weight excluding hydrogens is 459 g/mol. The molecule has 8 heteroatoms. The van der Waals surface area contributed by atoms with E-state index in [0.29, 0.717) is 76.0 Å². The van der Waals surface area contributed by atoms with Crippen LogP contribution in [0.3, 0.4) is 0 Å². The molecule has 2 aliphatic rings. The van der Waals surface area contributed by atoms with Crippen LogP contribution >= 0.6 is 11.6 Å². The van der Waals surface area contributed by atoms with E-state index in [1.807, 2.05) is 24.0 Å². The molecule has 0 unspecified atom stereocenters. The summed E-state index contributed by atoms with van der Waals surface area (Å²) in [7, 11) is 0. The van der Waals surface area contributed by atoms with Crippen LogP contribution < -0.4 is 4.74 Å². The number of piperidine rings is 1. The molecule has 2 heterocycles. The van der Waals surface area contributed by atoms with Gasteiger partial charge in [0.15, 0.2) is 0 Å². The van der Waals surface area contributed by atoms with Gasteiger partial charge in [0.2, 0.25) is 5.91 Å². The highest BCUT2D eigenvalue weighted by molar-refractivity contribution is 6.31. The summed E-state index contributed by atoms with van der Waals surface area (Å²) < 4.78 is 25.7. The predicted octanol–water partition coefficient (Wildman–Crippen LogP) is 4.34. The van der Waals surface area contributed by atoms with Crippen LogP contribution in [-0.4, -0.2) is 67.6 Å². The molecule has 0 aromatic heterocycles. The van der Waals surface area contributed by atoms with E-state index < -0.39 is 11.2 Å². The van der Waals surface area contributed by atoms with E-state index in [1.165, 1.54) is 12.1 Å². The molecule has 0 atom stereocenters. The van der Waals surface area contributed by atoms with Crippen LogP contribution in [0.5, 0.6) is 5.75 Å². The number of nitrogens with zero attached hydrogens (tertiary/aromatic N) is 2. The number of morpholine rings is 1. The number of rotatable bonds is 6. The number of likely N-dealkylation sites (tertiary alicyclic amines) is 1. The minimum absolute atomic E-state index is 0.0762. The van der Waals surface area contributed by atoms with Crippen molar-refractivity contribution in [3.63, 3.8) is 0 Å². The Morgan fingerprint density at radius 3 is 2.44 bits per heavy atom. The Hall–Kier alpha value is -2.64. The molecule has 2 saturated heterocycles. The van der Waals surface area contributed by atoms with Crippen LogP contribution in [0.4, 0.5) is 4.39 Å². The maximum Gasteiger partial charge on any atom is 0.256 e. The first-order valence-corrected chi connectivity index (χ1v) is 12.0. The molecule has 0 saturated carbocycles. The number of ether oxygens (including phenoxy) is 2. The van der Waals surface area contributed by atoms with Crippen molar-refractivity contribution in [2.24, 2.45) is 5.41 Å². The van der Waals surface area contributed by atoms with Crippen LogP contribution in [-0.2, 0) is 9.53 Å². The van der Waals surface area contributed by atoms with Crippen molar-refractivity contribution in [2.45, 2.75) is 26.2 Å². The maximum absolute atomic E-state index is 14.2. The summed E-state index contributed by atoms with van der Waals surface area (Å²) in [5.41, 5.74) is 0.574. The van der Waals surface area contributed by atoms with Gasteiger partial charge in [-0.1, -0.05) is 23.7 Å². The van der Waals surface area contributed by atoms with E-state index in [0.717, 1.165) is 5.56 Å². The fraction of sp³-hybridized carbons (Fsp3) is 0.462. The molecule has 2 amide bonds. The third-order valence-electron chi connectivity index (χ3n) is 6.78. The van der Waals surface area contributed by atoms with Crippen LogP contribution in [0.2, 0.25) is 5.02 Å². The van der Waals surface area contributed by atoms with E-state index in [2.05, 4.69) is 0 Å². The minimum Gasteiger partial charge on any atom is -0.493 e. The van der Waals surface area contributed by atoms with Gasteiger partial charge in [-0.05, 0) is 55.7 Å². The lowest BCUT2D eigenvalue weighted by molar-refractivity contribution is -0.139. The Morgan fingerprint density at radius 2 is 1.76 bits per heavy atom. The van der Waals surface area contributed by atoms with Gasteiger partial charge in [-0.25, -0.2) is 4.39 Å². The molecule has 0 N–H and O–H groups in total. The van der Waals surface area contributed by atoms with Crippen LogP contribution in [0, 0.1) is 18.2 Å². The van der Waals surface area contributed by atoms with Crippen molar-refractivity contribution in [3.05, 3.63) is 64.4 Å². The minimum atomic E-state index is -0.520. The van der Waals surface area contributed by atoms with Gasteiger partial charge >= 0.3 is 0 Å². The van der Waals surface area contributed by atoms with Gasteiger partial charge < -0.3 is 19.3 Å². The first kappa shape index (κ1) is 24.5. The average Bonchev–Trinajstić information content (AvgIpc) is 2.86. The van der Waals surface area contributed by atoms with Crippen molar-refractivity contribution in [3.8, 4) is 5.75 Å². The number of aryl methyl sites for hydroxylation is 1. The van der Waals surface area contributed by atoms with E-state index in [9.17, 15) is 14.0 Å². The standard InChI is InChI=1S/C26H30ClFN2O4/c1-19-16-20(6-7-22(19)27)34-18-26(17-24(31)29-12-14-33-15-13-29)8-10-30(11-9-26)25(32)21-4-2-3-5-23(21)28/h2-7,16H,8-15,17-18H2,1H3. The lowest BCUT2D eigenvalue weighted by atomic mass is 9.75. The lowest BCUT2D eigenvalue weighted by Crippen LogP contribution is -2.49. The zero-order valence-electron chi connectivity index (χ0n) is 19.4. The molecule has 2 fully saturated rings. The van der Waals surface area contributed by atoms with E-state index >= 15 is 0 Å². The smallest absolute Gasteiger partial charge is 0.256 e. The first-order valence-electron chi connectivity index (χ1n) is 11.7. The fourth-order valence-corrected chi connectivity index (χ4v) is 4.67. The molecule has 0 bridgehead atoms. The largest absolute Gasteiger partial charge is 0.493 e. The summed E-state index contributed by atoms with van der Waals surface area (Å²) >= 11 is 6.14. The monoisotopic (exact) mass is 488 g/mol. The second-order valence-electron chi connectivity index (χ2n) is 9.14. The third kappa shape index (κ3) is 5.70. The number of benzene rings is 2. The molecule has 0 aliphatic carbocycles. The quantitative estimate of drug-likeness (QED) is 0.607. The van der Waals surface area contributed by atoms with Gasteiger partial charge in [0.25, 0.3) is 5.91 Å². The number of amides is 2. The van der Waals surface area contributed by atoms with Gasteiger partial charge in [0.05, 0.1) is 25.4 Å². The van der Waals surface area contributed by atoms with Crippen LogP contribution in [0.15, 0.2) is 42.5 Å². The highest BCUT2D eigenvalue weighted by Crippen LogP contribution is 2.37. The van der Waals surface area contributed by atoms with Crippen molar-refractivity contribution < 1.29 is 23.5 Å². The first-order chi connectivity index (χ1) is 16.4. The summed E-state index contributed by atoms with van der Waals surface area (Å²) in [6.07, 6.45) is 1.52. The summed E-state index contributed by atoms with van der Waals surface area (Å²) in [4.78, 5) is 29.5. The molecular formula is C26H30ClFN2O4. The zero-order chi connectivity index (χ0) is 24.1. The van der Waals surface area contributed by atoms with E-state index in [4.69, 9.17) is 21.1 Å². The second-order valence-corrected chi connectivity index (χ2v) is 9.55. The average molecular weight is 489 g/mol. The Bertz CT molecular complexity index is 1030. The van der Waals surface area contributed by atoms with Crippen molar-refractivity contribution >= 4 is 23.4 Å². The summed E-state index contributed by atoms with van der Waals surface area (Å²) in [5.74, 6) is -0.0632. The van der Waals surface area contributed by atoms with E-state index in [1.54, 1.807) is 23.1 Å². The Balaban J connectivity index is 1.47. The molecule has 0 spiro atoms. The van der Waals surface area contributed by atoms with Crippen molar-refractivity contribution in [1.82, 2.24) is 9.80 Å². The summed E-state index contributed by atoms with van der Waals surface area (Å²) in [6, 6.07) is 11.5. The van der Waals surface area contributed by atoms with Crippen molar-refractivity contribution in [2.75, 3.05) is 46.0 Å². The fourth-order valence-electron chi connectivity index (χ4n) is 4.55. The molecule has 182 valence electrons. The lowest BCUT2D eigenvalue weighted by Gasteiger charge is -2.42. The van der Waals surface area contributed by atoms with Crippen LogP contribution in [0.1, 0.15) is 35.2 Å². The van der Waals surface area contributed by atoms with Gasteiger partial charge in [-0.2, -0.15) is 0 Å². The number of hydrogen-bond acceptors (Lipinski definition) is 4. The summed E-state index contributed by atoms with van der Waals surface area (Å²) in [6.45, 7) is 5.41. The highest BCUT2D eigenvalue weighted by atomic mass is 35.5. The van der Waals surface area contributed by atoms with E-state index in [-0.39, 0.29) is 17.4 Å². The SMILES string of the molecule is Cc1cc(OCC2(CC(=O)N3CCOCC3)CCN(C(=O)c3ccccc3F)CC2)ccc1Cl. The number of carbonyl (C=O) groups excluding carboxylic acids is 2. The summed E-state index contributed by atoms with van der Waals surface area (Å²) in [5, 5.41) is 0.671. The van der Waals surface area contributed by atoms with Gasteiger partial charge in [-0.3, -0.25) is 9.59 Å². The molecule has 4 rings (SSSR count). The van der Waals surface area contributed by atoms with Gasteiger partial charge in [0, 0.05) is 43.0 Å². The molecule has 2 aliphatic heterocycles. The second kappa shape index (κ2) is 10.7. The number of carbonyl (C=O) groups is 2. The Labute approximate surface area is 204 Å². The molecule has 2 aromatic rings. The molecule has 6 nitrogen and oxygen atoms in total. The maximum atomic E-state index is 14.2. The van der Waals surface area contributed by atoms with Crippen molar-refractivity contribution in [1.29, 1.82) is 0 Å². The predicted molar refractivity (Wildman–Crippen MR) is 128 cm³/mol. The van der Waals surface area contributed by atoms with Crippen LogP contribution in [0.25, 0.3) is 0 Å². The Kier molecular flexibility index (Phi) is 7.73. The molecule has 2 aromatic carbocycles. The normalized spacial score (nSPS) is 18.0. The highest BCUT2D eigenvalue weighted by Gasteiger charge is 2.40. The third-order valence-corrected chi connectivity index (χ3v) is 7.20. The van der Waals surface area contributed by atoms with Gasteiger partial charge in [0.1, 0.15) is 11.6 Å². The molecule has 0 radical (unpaired) electrons. The zero-order valence-corrected chi connectivity index (χ0v) is 20.2. The number of halogens is 2. The Morgan fingerprint density at radius 1 is 1.06 bits per heavy atom. The number of hydrogen-bond donors (Lipinski definition) is 0. The van der Waals surface area contributed by atoms with Gasteiger partial charge in [-0.15, -0.1) is 0 Å². The molecule has 34 heavy (non-hydrogen) atoms. The topological polar surface area (TPSA) is 59.1 Å².